The Bertz CT molecular complexity index is 747. The van der Waals surface area contributed by atoms with Crippen LogP contribution in [0.1, 0.15) is 0 Å². The molecule has 3 heterocycles. The Labute approximate surface area is 116 Å². The summed E-state index contributed by atoms with van der Waals surface area (Å²) in [6.07, 6.45) is 1.81. The van der Waals surface area contributed by atoms with Crippen LogP contribution in [0, 0.1) is 0 Å². The minimum absolute atomic E-state index is 0.732. The molecule has 0 unspecified atom stereocenters. The molecule has 1 fully saturated rings. The van der Waals surface area contributed by atoms with Crippen molar-refractivity contribution in [2.45, 2.75) is 6.67 Å². The van der Waals surface area contributed by atoms with Crippen LogP contribution < -0.4 is 0 Å². The van der Waals surface area contributed by atoms with Crippen LogP contribution in [-0.2, 0) is 11.4 Å². The predicted octanol–water partition coefficient (Wildman–Crippen LogP) is 1.27. The molecule has 0 saturated carbocycles. The minimum Gasteiger partial charge on any atom is -0.379 e. The summed E-state index contributed by atoms with van der Waals surface area (Å²) in [5.41, 5.74) is 2.86. The summed E-state index contributed by atoms with van der Waals surface area (Å²) >= 11 is 0. The smallest absolute Gasteiger partial charge is 0.116 e. The normalized spacial score (nSPS) is 17.0. The van der Waals surface area contributed by atoms with Gasteiger partial charge in [-0.25, -0.2) is 4.68 Å². The fraction of sp³-hybridized carbons (Fsp3) is 0.357. The van der Waals surface area contributed by atoms with E-state index in [1.165, 1.54) is 0 Å². The van der Waals surface area contributed by atoms with Gasteiger partial charge in [0.25, 0.3) is 0 Å². The third-order valence-corrected chi connectivity index (χ3v) is 3.68. The number of fused-ring (bicyclic) bond motifs is 3. The minimum atomic E-state index is 0.732. The van der Waals surface area contributed by atoms with Crippen LogP contribution in [-0.4, -0.2) is 51.2 Å². The molecular weight excluding hydrogens is 254 g/mol. The molecule has 1 aliphatic rings. The van der Waals surface area contributed by atoms with Gasteiger partial charge in [0.1, 0.15) is 11.0 Å². The number of nitrogens with zero attached hydrogens (tertiary/aromatic N) is 5. The van der Waals surface area contributed by atoms with E-state index in [2.05, 4.69) is 26.3 Å². The quantitative estimate of drug-likeness (QED) is 0.701. The second-order valence-corrected chi connectivity index (χ2v) is 4.97. The molecule has 0 atom stereocenters. The van der Waals surface area contributed by atoms with E-state index in [0.717, 1.165) is 54.9 Å². The molecule has 1 saturated heterocycles. The summed E-state index contributed by atoms with van der Waals surface area (Å²) in [5.74, 6) is 0. The highest BCUT2D eigenvalue weighted by atomic mass is 16.5. The van der Waals surface area contributed by atoms with Gasteiger partial charge in [0.2, 0.25) is 0 Å². The van der Waals surface area contributed by atoms with Gasteiger partial charge in [0.05, 0.1) is 25.4 Å². The molecule has 0 amide bonds. The van der Waals surface area contributed by atoms with Gasteiger partial charge in [-0.05, 0) is 12.1 Å². The highest BCUT2D eigenvalue weighted by molar-refractivity contribution is 6.01. The summed E-state index contributed by atoms with van der Waals surface area (Å²) < 4.78 is 7.32. The van der Waals surface area contributed by atoms with Crippen molar-refractivity contribution in [1.82, 2.24) is 24.9 Å². The maximum atomic E-state index is 5.38. The standard InChI is InChI=1S/C14H15N5O/c1-2-11-3-4-12-14(13(11)15-5-1)19(17-16-12)10-18-6-8-20-9-7-18/h1-5H,6-10H2. The van der Waals surface area contributed by atoms with Crippen LogP contribution in [0.3, 0.4) is 0 Å². The molecule has 20 heavy (non-hydrogen) atoms. The third kappa shape index (κ3) is 1.93. The zero-order chi connectivity index (χ0) is 13.4. The molecule has 1 aromatic carbocycles. The van der Waals surface area contributed by atoms with Gasteiger partial charge >= 0.3 is 0 Å². The van der Waals surface area contributed by atoms with E-state index in [4.69, 9.17) is 4.74 Å². The zero-order valence-electron chi connectivity index (χ0n) is 11.1. The molecule has 6 nitrogen and oxygen atoms in total. The number of benzene rings is 1. The maximum absolute atomic E-state index is 5.38. The summed E-state index contributed by atoms with van der Waals surface area (Å²) in [5, 5.41) is 9.65. The van der Waals surface area contributed by atoms with Crippen LogP contribution in [0.25, 0.3) is 21.9 Å². The lowest BCUT2D eigenvalue weighted by atomic mass is 10.2. The van der Waals surface area contributed by atoms with E-state index in [9.17, 15) is 0 Å². The summed E-state index contributed by atoms with van der Waals surface area (Å²) in [6, 6.07) is 8.05. The van der Waals surface area contributed by atoms with Crippen LogP contribution in [0.4, 0.5) is 0 Å². The van der Waals surface area contributed by atoms with Crippen LogP contribution in [0.2, 0.25) is 0 Å². The maximum Gasteiger partial charge on any atom is 0.116 e. The summed E-state index contributed by atoms with van der Waals surface area (Å²) in [7, 11) is 0. The Kier molecular flexibility index (Phi) is 2.82. The summed E-state index contributed by atoms with van der Waals surface area (Å²) in [4.78, 5) is 6.81. The van der Waals surface area contributed by atoms with Gasteiger partial charge in [-0.15, -0.1) is 5.10 Å². The molecule has 6 heteroatoms. The van der Waals surface area contributed by atoms with Crippen LogP contribution in [0.15, 0.2) is 30.5 Å². The summed E-state index contributed by atoms with van der Waals surface area (Å²) in [6.45, 7) is 4.16. The first-order valence-corrected chi connectivity index (χ1v) is 6.79. The number of morpholine rings is 1. The van der Waals surface area contributed by atoms with E-state index in [1.54, 1.807) is 0 Å². The molecule has 3 aromatic rings. The fourth-order valence-corrected chi connectivity index (χ4v) is 2.63. The second-order valence-electron chi connectivity index (χ2n) is 4.97. The van der Waals surface area contributed by atoms with E-state index in [1.807, 2.05) is 29.1 Å². The monoisotopic (exact) mass is 269 g/mol. The predicted molar refractivity (Wildman–Crippen MR) is 75.2 cm³/mol. The first-order valence-electron chi connectivity index (χ1n) is 6.79. The topological polar surface area (TPSA) is 56.1 Å². The Morgan fingerprint density at radius 2 is 2.05 bits per heavy atom. The average molecular weight is 269 g/mol. The molecule has 1 aliphatic heterocycles. The molecular formula is C14H15N5O. The Hall–Kier alpha value is -2.05. The van der Waals surface area contributed by atoms with Crippen molar-refractivity contribution >= 4 is 21.9 Å². The van der Waals surface area contributed by atoms with E-state index in [-0.39, 0.29) is 0 Å². The van der Waals surface area contributed by atoms with Gasteiger partial charge in [-0.1, -0.05) is 17.3 Å². The lowest BCUT2D eigenvalue weighted by Crippen LogP contribution is -2.37. The van der Waals surface area contributed by atoms with E-state index < -0.39 is 0 Å². The number of aromatic nitrogens is 4. The van der Waals surface area contributed by atoms with Crippen molar-refractivity contribution in [3.8, 4) is 0 Å². The van der Waals surface area contributed by atoms with E-state index >= 15 is 0 Å². The van der Waals surface area contributed by atoms with Crippen LogP contribution >= 0.6 is 0 Å². The highest BCUT2D eigenvalue weighted by Gasteiger charge is 2.15. The number of pyridine rings is 1. The van der Waals surface area contributed by atoms with Crippen molar-refractivity contribution < 1.29 is 4.74 Å². The molecule has 102 valence electrons. The highest BCUT2D eigenvalue weighted by Crippen LogP contribution is 2.21. The first-order chi connectivity index (χ1) is 9.92. The number of rotatable bonds is 2. The van der Waals surface area contributed by atoms with Gasteiger partial charge < -0.3 is 4.74 Å². The second kappa shape index (κ2) is 4.81. The van der Waals surface area contributed by atoms with Crippen molar-refractivity contribution in [3.05, 3.63) is 30.5 Å². The Morgan fingerprint density at radius 3 is 2.95 bits per heavy atom. The van der Waals surface area contributed by atoms with Gasteiger partial charge in [-0.3, -0.25) is 9.88 Å². The molecule has 0 bridgehead atoms. The molecule has 2 aromatic heterocycles. The Morgan fingerprint density at radius 1 is 1.15 bits per heavy atom. The molecule has 0 radical (unpaired) electrons. The molecule has 4 rings (SSSR count). The largest absolute Gasteiger partial charge is 0.379 e. The van der Waals surface area contributed by atoms with E-state index in [0.29, 0.717) is 0 Å². The van der Waals surface area contributed by atoms with Crippen molar-refractivity contribution in [2.24, 2.45) is 0 Å². The lowest BCUT2D eigenvalue weighted by Gasteiger charge is -2.26. The van der Waals surface area contributed by atoms with Gasteiger partial charge in [-0.2, -0.15) is 0 Å². The van der Waals surface area contributed by atoms with Gasteiger partial charge in [0, 0.05) is 24.7 Å². The number of hydrogen-bond acceptors (Lipinski definition) is 5. The molecule has 0 aliphatic carbocycles. The molecule has 0 spiro atoms. The average Bonchev–Trinajstić information content (AvgIpc) is 2.92. The van der Waals surface area contributed by atoms with Crippen molar-refractivity contribution in [2.75, 3.05) is 26.3 Å². The lowest BCUT2D eigenvalue weighted by molar-refractivity contribution is 0.0218. The number of hydrogen-bond donors (Lipinski definition) is 0. The zero-order valence-corrected chi connectivity index (χ0v) is 11.1. The fourth-order valence-electron chi connectivity index (χ4n) is 2.63. The van der Waals surface area contributed by atoms with Crippen molar-refractivity contribution in [3.63, 3.8) is 0 Å². The van der Waals surface area contributed by atoms with Crippen LogP contribution in [0.5, 0.6) is 0 Å². The number of ether oxygens (including phenoxy) is 1. The Balaban J connectivity index is 1.80. The SMILES string of the molecule is c1cnc2c(c1)ccc1nnn(CN3CCOCC3)c12. The third-order valence-electron chi connectivity index (χ3n) is 3.68. The van der Waals surface area contributed by atoms with Crippen molar-refractivity contribution in [1.29, 1.82) is 0 Å². The molecule has 0 N–H and O–H groups in total. The van der Waals surface area contributed by atoms with Gasteiger partial charge in [0.15, 0.2) is 0 Å². The first kappa shape index (κ1) is 11.7.